The van der Waals surface area contributed by atoms with Crippen LogP contribution >= 0.6 is 0 Å². The van der Waals surface area contributed by atoms with Crippen LogP contribution in [0.2, 0.25) is 0 Å². The number of rotatable bonds is 5. The molecule has 25 heavy (non-hydrogen) atoms. The molecule has 8 heteroatoms. The fourth-order valence-corrected chi connectivity index (χ4v) is 2.16. The number of aromatic nitrogens is 2. The Labute approximate surface area is 143 Å². The van der Waals surface area contributed by atoms with E-state index in [1.807, 2.05) is 13.0 Å². The predicted molar refractivity (Wildman–Crippen MR) is 90.0 cm³/mol. The van der Waals surface area contributed by atoms with Gasteiger partial charge in [0.1, 0.15) is 5.54 Å². The van der Waals surface area contributed by atoms with Gasteiger partial charge in [0, 0.05) is 6.07 Å². The molecule has 1 heterocycles. The number of nitrogens with zero attached hydrogens (tertiary/aromatic N) is 2. The van der Waals surface area contributed by atoms with Gasteiger partial charge in [0.25, 0.3) is 11.5 Å². The number of nitrogens with one attached hydrogen (secondary N) is 1. The van der Waals surface area contributed by atoms with Crippen LogP contribution in [0.25, 0.3) is 5.69 Å². The van der Waals surface area contributed by atoms with E-state index < -0.39 is 34.4 Å². The van der Waals surface area contributed by atoms with Crippen molar-refractivity contribution in [3.63, 3.8) is 0 Å². The van der Waals surface area contributed by atoms with Crippen LogP contribution in [0.4, 0.5) is 0 Å². The number of aliphatic carboxylic acids is 1. The lowest BCUT2D eigenvalue weighted by Crippen LogP contribution is -2.52. The molecule has 1 atom stereocenters. The maximum Gasteiger partial charge on any atom is 0.329 e. The van der Waals surface area contributed by atoms with E-state index in [9.17, 15) is 24.6 Å². The van der Waals surface area contributed by atoms with Crippen molar-refractivity contribution in [1.82, 2.24) is 15.1 Å². The number of hydrogen-bond donors (Lipinski definition) is 3. The van der Waals surface area contributed by atoms with Gasteiger partial charge >= 0.3 is 5.97 Å². The maximum absolute atomic E-state index is 12.4. The van der Waals surface area contributed by atoms with Crippen LogP contribution in [0, 0.1) is 6.92 Å². The predicted octanol–water partition coefficient (Wildman–Crippen LogP) is 1.23. The van der Waals surface area contributed by atoms with Crippen molar-refractivity contribution in [1.29, 1.82) is 0 Å². The molecule has 0 aliphatic carbocycles. The second-order valence-electron chi connectivity index (χ2n) is 5.91. The third-order valence-corrected chi connectivity index (χ3v) is 3.94. The van der Waals surface area contributed by atoms with Gasteiger partial charge in [-0.05, 0) is 38.0 Å². The number of carbonyl (C=O) groups excluding carboxylic acids is 1. The number of aromatic hydroxyl groups is 1. The molecule has 3 N–H and O–H groups in total. The number of aryl methyl sites for hydroxylation is 1. The van der Waals surface area contributed by atoms with Crippen molar-refractivity contribution in [2.45, 2.75) is 32.7 Å². The molecule has 8 nitrogen and oxygen atoms in total. The molecule has 1 amide bonds. The summed E-state index contributed by atoms with van der Waals surface area (Å²) in [6.45, 7) is 4.79. The summed E-state index contributed by atoms with van der Waals surface area (Å²) in [7, 11) is 0. The summed E-state index contributed by atoms with van der Waals surface area (Å²) in [6.07, 6.45) is 0.131. The van der Waals surface area contributed by atoms with Crippen molar-refractivity contribution in [2.24, 2.45) is 0 Å². The summed E-state index contributed by atoms with van der Waals surface area (Å²) >= 11 is 0. The first-order chi connectivity index (χ1) is 11.7. The van der Waals surface area contributed by atoms with Crippen LogP contribution in [0.3, 0.4) is 0 Å². The second kappa shape index (κ2) is 6.76. The molecule has 0 aliphatic rings. The van der Waals surface area contributed by atoms with Crippen molar-refractivity contribution >= 4 is 11.9 Å². The Morgan fingerprint density at radius 2 is 2.00 bits per heavy atom. The van der Waals surface area contributed by atoms with Crippen molar-refractivity contribution in [3.05, 3.63) is 51.9 Å². The molecule has 1 aromatic heterocycles. The summed E-state index contributed by atoms with van der Waals surface area (Å²) in [6, 6.07) is 7.76. The van der Waals surface area contributed by atoms with E-state index in [1.165, 1.54) is 6.92 Å². The summed E-state index contributed by atoms with van der Waals surface area (Å²) in [5, 5.41) is 25.4. The van der Waals surface area contributed by atoms with Crippen LogP contribution in [-0.2, 0) is 4.79 Å². The van der Waals surface area contributed by atoms with E-state index in [0.717, 1.165) is 16.3 Å². The third kappa shape index (κ3) is 3.68. The smallest absolute Gasteiger partial charge is 0.329 e. The standard InChI is InChI=1S/C17H19N3O5/c1-4-17(3,16(24)25)18-15(23)14-12(21)9-13(22)20(19-14)11-7-5-6-10(2)8-11/h5-9,21H,4H2,1-3H3,(H,18,23)(H,24,25). The van der Waals surface area contributed by atoms with Gasteiger partial charge in [-0.1, -0.05) is 19.1 Å². The van der Waals surface area contributed by atoms with Crippen molar-refractivity contribution in [3.8, 4) is 11.4 Å². The van der Waals surface area contributed by atoms with Crippen molar-refractivity contribution < 1.29 is 19.8 Å². The average Bonchev–Trinajstić information content (AvgIpc) is 2.54. The molecule has 0 radical (unpaired) electrons. The zero-order chi connectivity index (χ0) is 18.8. The van der Waals surface area contributed by atoms with Gasteiger partial charge in [0.2, 0.25) is 0 Å². The molecule has 0 saturated heterocycles. The van der Waals surface area contributed by atoms with Gasteiger partial charge in [-0.25, -0.2) is 4.79 Å². The third-order valence-electron chi connectivity index (χ3n) is 3.94. The first-order valence-corrected chi connectivity index (χ1v) is 7.64. The Morgan fingerprint density at radius 3 is 2.56 bits per heavy atom. The van der Waals surface area contributed by atoms with Gasteiger partial charge in [0.15, 0.2) is 11.4 Å². The first-order valence-electron chi connectivity index (χ1n) is 7.64. The Bertz CT molecular complexity index is 890. The minimum absolute atomic E-state index is 0.131. The normalized spacial score (nSPS) is 13.1. The molecule has 2 aromatic rings. The van der Waals surface area contributed by atoms with Gasteiger partial charge in [-0.2, -0.15) is 9.78 Å². The SMILES string of the molecule is CCC(C)(NC(=O)c1nn(-c2cccc(C)c2)c(=O)cc1O)C(=O)O. The number of carbonyl (C=O) groups is 2. The van der Waals surface area contributed by atoms with E-state index in [4.69, 9.17) is 0 Å². The summed E-state index contributed by atoms with van der Waals surface area (Å²) < 4.78 is 0.978. The number of carboxylic acid groups (broad SMARTS) is 1. The fraction of sp³-hybridized carbons (Fsp3) is 0.294. The largest absolute Gasteiger partial charge is 0.505 e. The molecule has 1 aromatic carbocycles. The molecule has 0 bridgehead atoms. The first kappa shape index (κ1) is 18.2. The average molecular weight is 345 g/mol. The zero-order valence-electron chi connectivity index (χ0n) is 14.1. The maximum atomic E-state index is 12.4. The Kier molecular flexibility index (Phi) is 4.92. The number of carboxylic acids is 1. The molecule has 0 fully saturated rings. The lowest BCUT2D eigenvalue weighted by atomic mass is 9.99. The molecular formula is C17H19N3O5. The quantitative estimate of drug-likeness (QED) is 0.749. The molecule has 0 aliphatic heterocycles. The highest BCUT2D eigenvalue weighted by molar-refractivity contribution is 5.98. The van der Waals surface area contributed by atoms with Crippen LogP contribution in [-0.4, -0.2) is 37.4 Å². The number of benzene rings is 1. The molecule has 0 spiro atoms. The fourth-order valence-electron chi connectivity index (χ4n) is 2.16. The van der Waals surface area contributed by atoms with Gasteiger partial charge in [0.05, 0.1) is 5.69 Å². The van der Waals surface area contributed by atoms with Crippen LogP contribution < -0.4 is 10.9 Å². The van der Waals surface area contributed by atoms with Crippen LogP contribution in [0.15, 0.2) is 35.1 Å². The van der Waals surface area contributed by atoms with E-state index >= 15 is 0 Å². The molecular weight excluding hydrogens is 326 g/mol. The molecule has 1 unspecified atom stereocenters. The Hall–Kier alpha value is -3.16. The minimum atomic E-state index is -1.52. The molecule has 132 valence electrons. The summed E-state index contributed by atoms with van der Waals surface area (Å²) in [4.78, 5) is 35.8. The lowest BCUT2D eigenvalue weighted by Gasteiger charge is -2.24. The summed E-state index contributed by atoms with van der Waals surface area (Å²) in [5.74, 6) is -2.71. The highest BCUT2D eigenvalue weighted by Gasteiger charge is 2.34. The highest BCUT2D eigenvalue weighted by Crippen LogP contribution is 2.16. The number of hydrogen-bond acceptors (Lipinski definition) is 5. The van der Waals surface area contributed by atoms with Gasteiger partial charge in [-0.3, -0.25) is 9.59 Å². The second-order valence-corrected chi connectivity index (χ2v) is 5.91. The van der Waals surface area contributed by atoms with E-state index in [0.29, 0.717) is 5.69 Å². The van der Waals surface area contributed by atoms with E-state index in [-0.39, 0.29) is 6.42 Å². The van der Waals surface area contributed by atoms with E-state index in [2.05, 4.69) is 10.4 Å². The van der Waals surface area contributed by atoms with Crippen molar-refractivity contribution in [2.75, 3.05) is 0 Å². The summed E-state index contributed by atoms with van der Waals surface area (Å²) in [5.41, 5.74) is -1.25. The lowest BCUT2D eigenvalue weighted by molar-refractivity contribution is -0.143. The topological polar surface area (TPSA) is 122 Å². The minimum Gasteiger partial charge on any atom is -0.505 e. The zero-order valence-corrected chi connectivity index (χ0v) is 14.1. The van der Waals surface area contributed by atoms with Crippen LogP contribution in [0.5, 0.6) is 5.75 Å². The molecule has 2 rings (SSSR count). The Balaban J connectivity index is 2.49. The number of amides is 1. The molecule has 0 saturated carbocycles. The monoisotopic (exact) mass is 345 g/mol. The van der Waals surface area contributed by atoms with Gasteiger partial charge < -0.3 is 15.5 Å². The van der Waals surface area contributed by atoms with Gasteiger partial charge in [-0.15, -0.1) is 0 Å². The Morgan fingerprint density at radius 1 is 1.32 bits per heavy atom. The van der Waals surface area contributed by atoms with Crippen LogP contribution in [0.1, 0.15) is 36.3 Å². The van der Waals surface area contributed by atoms with E-state index in [1.54, 1.807) is 25.1 Å². The highest BCUT2D eigenvalue weighted by atomic mass is 16.4.